The van der Waals surface area contributed by atoms with Crippen LogP contribution in [0.5, 0.6) is 0 Å². The second kappa shape index (κ2) is 8.17. The Balaban J connectivity index is 2.31. The summed E-state index contributed by atoms with van der Waals surface area (Å²) in [5.41, 5.74) is 5.64. The van der Waals surface area contributed by atoms with Crippen LogP contribution in [0.3, 0.4) is 0 Å². The van der Waals surface area contributed by atoms with Gasteiger partial charge in [-0.2, -0.15) is 0 Å². The molecule has 0 atom stereocenters. The number of ketones is 1. The maximum absolute atomic E-state index is 13.7. The van der Waals surface area contributed by atoms with Crippen molar-refractivity contribution in [1.29, 1.82) is 0 Å². The lowest BCUT2D eigenvalue weighted by Gasteiger charge is -2.43. The molecule has 0 saturated heterocycles. The number of hydrogen-bond donors (Lipinski definition) is 0. The predicted octanol–water partition coefficient (Wildman–Crippen LogP) is 7.45. The zero-order chi connectivity index (χ0) is 22.3. The molecule has 0 fully saturated rings. The van der Waals surface area contributed by atoms with Crippen molar-refractivity contribution in [2.75, 3.05) is 0 Å². The molecule has 1 heterocycles. The molecule has 158 valence electrons. The van der Waals surface area contributed by atoms with Gasteiger partial charge in [0, 0.05) is 10.6 Å². The zero-order valence-electron chi connectivity index (χ0n) is 18.9. The van der Waals surface area contributed by atoms with Crippen molar-refractivity contribution in [3.05, 3.63) is 76.3 Å². The normalized spacial score (nSPS) is 17.9. The molecule has 2 aromatic rings. The van der Waals surface area contributed by atoms with Gasteiger partial charge in [0.1, 0.15) is 5.60 Å². The van der Waals surface area contributed by atoms with Gasteiger partial charge in [-0.15, -0.1) is 0 Å². The molecule has 0 amide bonds. The Kier molecular flexibility index (Phi) is 6.13. The number of ether oxygens (including phenoxy) is 1. The van der Waals surface area contributed by atoms with Crippen LogP contribution in [0.15, 0.2) is 60.2 Å². The lowest BCUT2D eigenvalue weighted by molar-refractivity contribution is -0.152. The summed E-state index contributed by atoms with van der Waals surface area (Å²) >= 11 is 6.08. The van der Waals surface area contributed by atoms with Crippen LogP contribution >= 0.6 is 11.6 Å². The van der Waals surface area contributed by atoms with Crippen LogP contribution in [0, 0.1) is 0 Å². The standard InChI is InChI=1S/C27H31ClO2/c1-8-18-9-10-20(19-11-13-21(28)14-12-19)16-22(18)24-23(15-17(2)3)26(4,5)30-27(6,7)25(24)29/h9-14,16H,2,8,15H2,1,3-7H3. The first-order valence-electron chi connectivity index (χ1n) is 10.5. The molecule has 2 nitrogen and oxygen atoms in total. The van der Waals surface area contributed by atoms with Crippen molar-refractivity contribution in [3.63, 3.8) is 0 Å². The number of carbonyl (C=O) groups is 1. The number of allylic oxidation sites excluding steroid dienone is 1. The minimum atomic E-state index is -0.890. The molecule has 0 unspecified atom stereocenters. The van der Waals surface area contributed by atoms with Gasteiger partial charge in [0.15, 0.2) is 5.78 Å². The molecule has 0 aliphatic carbocycles. The van der Waals surface area contributed by atoms with E-state index < -0.39 is 11.2 Å². The predicted molar refractivity (Wildman–Crippen MR) is 127 cm³/mol. The van der Waals surface area contributed by atoms with Crippen molar-refractivity contribution in [1.82, 2.24) is 0 Å². The number of aryl methyl sites for hydroxylation is 1. The maximum atomic E-state index is 13.7. The van der Waals surface area contributed by atoms with Crippen molar-refractivity contribution in [3.8, 4) is 11.1 Å². The minimum absolute atomic E-state index is 0.0287. The lowest BCUT2D eigenvalue weighted by atomic mass is 9.75. The van der Waals surface area contributed by atoms with E-state index in [1.807, 2.05) is 58.9 Å². The van der Waals surface area contributed by atoms with Crippen LogP contribution in [-0.4, -0.2) is 17.0 Å². The van der Waals surface area contributed by atoms with Gasteiger partial charge in [-0.1, -0.05) is 54.9 Å². The van der Waals surface area contributed by atoms with Gasteiger partial charge in [0.25, 0.3) is 0 Å². The average molecular weight is 423 g/mol. The first-order chi connectivity index (χ1) is 14.0. The first-order valence-corrected chi connectivity index (χ1v) is 10.9. The smallest absolute Gasteiger partial charge is 0.194 e. The molecule has 1 aliphatic rings. The van der Waals surface area contributed by atoms with Gasteiger partial charge in [-0.25, -0.2) is 0 Å². The summed E-state index contributed by atoms with van der Waals surface area (Å²) in [7, 11) is 0. The quantitative estimate of drug-likeness (QED) is 0.468. The van der Waals surface area contributed by atoms with Gasteiger partial charge in [-0.3, -0.25) is 4.79 Å². The summed E-state index contributed by atoms with van der Waals surface area (Å²) in [6.45, 7) is 16.1. The SMILES string of the molecule is C=C(C)CC1=C(c2cc(-c3ccc(Cl)cc3)ccc2CC)C(=O)C(C)(C)OC1(C)C. The van der Waals surface area contributed by atoms with Gasteiger partial charge in [-0.05, 0) is 93.5 Å². The summed E-state index contributed by atoms with van der Waals surface area (Å²) in [6.07, 6.45) is 1.48. The molecule has 0 saturated carbocycles. The highest BCUT2D eigenvalue weighted by atomic mass is 35.5. The van der Waals surface area contributed by atoms with Crippen LogP contribution < -0.4 is 0 Å². The lowest BCUT2D eigenvalue weighted by Crippen LogP contribution is -2.49. The molecule has 0 radical (unpaired) electrons. The minimum Gasteiger partial charge on any atom is -0.357 e. The summed E-state index contributed by atoms with van der Waals surface area (Å²) in [4.78, 5) is 13.7. The molecule has 1 aliphatic heterocycles. The van der Waals surface area contributed by atoms with E-state index in [2.05, 4.69) is 31.7 Å². The molecule has 3 heteroatoms. The van der Waals surface area contributed by atoms with E-state index in [0.29, 0.717) is 11.4 Å². The fourth-order valence-corrected chi connectivity index (χ4v) is 4.44. The third-order valence-electron chi connectivity index (χ3n) is 5.73. The summed E-state index contributed by atoms with van der Waals surface area (Å²) in [6, 6.07) is 14.2. The number of carbonyl (C=O) groups excluding carboxylic acids is 1. The van der Waals surface area contributed by atoms with Crippen molar-refractivity contribution in [2.45, 2.75) is 65.6 Å². The largest absolute Gasteiger partial charge is 0.357 e. The summed E-state index contributed by atoms with van der Waals surface area (Å²) in [5, 5.41) is 0.707. The highest BCUT2D eigenvalue weighted by Crippen LogP contribution is 2.44. The van der Waals surface area contributed by atoms with Crippen molar-refractivity contribution in [2.24, 2.45) is 0 Å². The van der Waals surface area contributed by atoms with Crippen molar-refractivity contribution < 1.29 is 9.53 Å². The fraction of sp³-hybridized carbons (Fsp3) is 0.370. The Morgan fingerprint density at radius 2 is 1.60 bits per heavy atom. The van der Waals surface area contributed by atoms with E-state index in [9.17, 15) is 4.79 Å². The van der Waals surface area contributed by atoms with E-state index in [1.54, 1.807) is 0 Å². The Morgan fingerprint density at radius 3 is 2.17 bits per heavy atom. The molecular weight excluding hydrogens is 392 g/mol. The first kappa shape index (κ1) is 22.5. The van der Waals surface area contributed by atoms with Gasteiger partial charge < -0.3 is 4.74 Å². The third kappa shape index (κ3) is 4.31. The van der Waals surface area contributed by atoms with E-state index >= 15 is 0 Å². The second-order valence-electron chi connectivity index (χ2n) is 9.17. The van der Waals surface area contributed by atoms with E-state index in [0.717, 1.165) is 45.4 Å². The molecular formula is C27H31ClO2. The second-order valence-corrected chi connectivity index (χ2v) is 9.61. The fourth-order valence-electron chi connectivity index (χ4n) is 4.31. The Labute approximate surface area is 185 Å². The molecule has 2 aromatic carbocycles. The molecule has 30 heavy (non-hydrogen) atoms. The number of benzene rings is 2. The summed E-state index contributed by atoms with van der Waals surface area (Å²) < 4.78 is 6.28. The number of Topliss-reactive ketones (excluding diaryl/α,β-unsaturated/α-hetero) is 1. The van der Waals surface area contributed by atoms with Crippen LogP contribution in [0.1, 0.15) is 59.1 Å². The van der Waals surface area contributed by atoms with Crippen LogP contribution in [-0.2, 0) is 16.0 Å². The zero-order valence-corrected chi connectivity index (χ0v) is 19.6. The van der Waals surface area contributed by atoms with Crippen molar-refractivity contribution >= 4 is 23.0 Å². The molecule has 0 aromatic heterocycles. The highest BCUT2D eigenvalue weighted by molar-refractivity contribution is 6.30. The van der Waals surface area contributed by atoms with Crippen LogP contribution in [0.2, 0.25) is 5.02 Å². The van der Waals surface area contributed by atoms with Crippen LogP contribution in [0.25, 0.3) is 16.7 Å². The number of hydrogen-bond acceptors (Lipinski definition) is 2. The number of halogens is 1. The Bertz CT molecular complexity index is 1020. The Hall–Kier alpha value is -2.16. The van der Waals surface area contributed by atoms with E-state index in [-0.39, 0.29) is 5.78 Å². The average Bonchev–Trinajstić information content (AvgIpc) is 2.66. The molecule has 0 N–H and O–H groups in total. The number of rotatable bonds is 5. The monoisotopic (exact) mass is 422 g/mol. The van der Waals surface area contributed by atoms with Gasteiger partial charge in [0.2, 0.25) is 0 Å². The third-order valence-corrected chi connectivity index (χ3v) is 5.98. The maximum Gasteiger partial charge on any atom is 0.194 e. The van der Waals surface area contributed by atoms with E-state index in [1.165, 1.54) is 0 Å². The Morgan fingerprint density at radius 1 is 1.00 bits per heavy atom. The van der Waals surface area contributed by atoms with Gasteiger partial charge in [0.05, 0.1) is 5.60 Å². The highest BCUT2D eigenvalue weighted by Gasteiger charge is 2.46. The topological polar surface area (TPSA) is 26.3 Å². The van der Waals surface area contributed by atoms with E-state index in [4.69, 9.17) is 16.3 Å². The van der Waals surface area contributed by atoms with Crippen LogP contribution in [0.4, 0.5) is 0 Å². The molecule has 3 rings (SSSR count). The molecule has 0 spiro atoms. The molecule has 0 bridgehead atoms. The van der Waals surface area contributed by atoms with Gasteiger partial charge >= 0.3 is 0 Å². The summed E-state index contributed by atoms with van der Waals surface area (Å²) in [5.74, 6) is 0.0287.